The minimum absolute atomic E-state index is 0.0320. The van der Waals surface area contributed by atoms with Crippen LogP contribution in [0.1, 0.15) is 53.5 Å². The predicted molar refractivity (Wildman–Crippen MR) is 168 cm³/mol. The Morgan fingerprint density at radius 1 is 0.909 bits per heavy atom. The number of hydrogen-bond donors (Lipinski definition) is 1. The summed E-state index contributed by atoms with van der Waals surface area (Å²) >= 11 is 0. The molecule has 2 spiro atoms. The molecule has 4 atom stereocenters. The number of piperidine rings is 1. The Balaban J connectivity index is 1.12. The lowest BCUT2D eigenvalue weighted by Gasteiger charge is -2.65. The molecule has 4 aromatic carbocycles. The van der Waals surface area contributed by atoms with Crippen molar-refractivity contribution in [2.75, 3.05) is 13.1 Å². The first-order valence-corrected chi connectivity index (χ1v) is 16.5. The Bertz CT molecular complexity index is 1820. The minimum atomic E-state index is -1.07. The zero-order valence-corrected chi connectivity index (χ0v) is 24.9. The number of Topliss-reactive ketones (excluding diaryl/α,β-unsaturated/α-hetero) is 1. The number of carbonyl (C=O) groups excluding carboxylic acids is 1. The van der Waals surface area contributed by atoms with Crippen molar-refractivity contribution in [3.05, 3.63) is 107 Å². The molecular formula is C39H37NO4. The van der Waals surface area contributed by atoms with E-state index in [0.717, 1.165) is 43.0 Å². The van der Waals surface area contributed by atoms with E-state index < -0.39 is 22.5 Å². The Kier molecular flexibility index (Phi) is 5.09. The van der Waals surface area contributed by atoms with Crippen LogP contribution >= 0.6 is 0 Å². The summed E-state index contributed by atoms with van der Waals surface area (Å²) in [5.74, 6) is 2.27. The fourth-order valence-electron chi connectivity index (χ4n) is 10.2. The molecule has 3 fully saturated rings. The van der Waals surface area contributed by atoms with Crippen molar-refractivity contribution in [1.29, 1.82) is 0 Å². The van der Waals surface area contributed by atoms with Gasteiger partial charge in [-0.3, -0.25) is 9.69 Å². The average molecular weight is 584 g/mol. The van der Waals surface area contributed by atoms with Crippen LogP contribution in [0, 0.1) is 11.3 Å². The number of aliphatic hydroxyl groups is 1. The SMILES string of the molecule is O=C1[C@@H]2Oc3c(OCc4ccccc4)ccc4c3[C@@]23CCN(CC2CC2)[C@@H](C4)[C@]3(O)CC12Cc1cccc3cccc(c13)C2. The number of likely N-dealkylation sites (tertiary alicyclic amines) is 1. The van der Waals surface area contributed by atoms with Crippen LogP contribution in [-0.2, 0) is 36.1 Å². The van der Waals surface area contributed by atoms with E-state index in [1.165, 1.54) is 40.3 Å². The number of carbonyl (C=O) groups is 1. The third-order valence-corrected chi connectivity index (χ3v) is 12.2. The first-order valence-electron chi connectivity index (χ1n) is 16.5. The second-order valence-corrected chi connectivity index (χ2v) is 14.6. The molecule has 44 heavy (non-hydrogen) atoms. The van der Waals surface area contributed by atoms with Crippen molar-refractivity contribution in [2.45, 2.75) is 74.7 Å². The van der Waals surface area contributed by atoms with Gasteiger partial charge in [-0.1, -0.05) is 72.8 Å². The Labute approximate surface area is 257 Å². The molecule has 2 saturated carbocycles. The summed E-state index contributed by atoms with van der Waals surface area (Å²) < 4.78 is 13.4. The van der Waals surface area contributed by atoms with Gasteiger partial charge in [-0.05, 0) is 96.5 Å². The number of nitrogens with zero attached hydrogens (tertiary/aromatic N) is 1. The fourth-order valence-corrected chi connectivity index (χ4v) is 10.2. The number of ketones is 1. The van der Waals surface area contributed by atoms with Gasteiger partial charge in [-0.25, -0.2) is 0 Å². The normalized spacial score (nSPS) is 30.7. The zero-order valence-electron chi connectivity index (χ0n) is 24.9. The molecule has 4 aromatic rings. The third kappa shape index (κ3) is 3.24. The molecule has 0 radical (unpaired) electrons. The molecule has 2 bridgehead atoms. The maximum absolute atomic E-state index is 15.2. The lowest BCUT2D eigenvalue weighted by Crippen LogP contribution is -2.79. The van der Waals surface area contributed by atoms with Gasteiger partial charge >= 0.3 is 0 Å². The summed E-state index contributed by atoms with van der Waals surface area (Å²) in [5.41, 5.74) is 3.25. The first-order chi connectivity index (χ1) is 21.5. The summed E-state index contributed by atoms with van der Waals surface area (Å²) in [4.78, 5) is 17.8. The summed E-state index contributed by atoms with van der Waals surface area (Å²) in [5, 5.41) is 16.0. The van der Waals surface area contributed by atoms with Crippen LogP contribution in [0.3, 0.4) is 0 Å². The van der Waals surface area contributed by atoms with E-state index in [-0.39, 0.29) is 11.8 Å². The van der Waals surface area contributed by atoms with Crippen molar-refractivity contribution < 1.29 is 19.4 Å². The summed E-state index contributed by atoms with van der Waals surface area (Å²) in [6, 6.07) is 27.3. The van der Waals surface area contributed by atoms with Crippen molar-refractivity contribution >= 4 is 16.6 Å². The molecule has 6 aliphatic rings. The van der Waals surface area contributed by atoms with E-state index >= 15 is 4.79 Å². The smallest absolute Gasteiger partial charge is 0.181 e. The maximum atomic E-state index is 15.2. The minimum Gasteiger partial charge on any atom is -0.485 e. The molecule has 5 nitrogen and oxygen atoms in total. The lowest BCUT2D eigenvalue weighted by molar-refractivity contribution is -0.210. The van der Waals surface area contributed by atoms with Gasteiger partial charge in [0.15, 0.2) is 23.4 Å². The van der Waals surface area contributed by atoms with Crippen LogP contribution < -0.4 is 9.47 Å². The van der Waals surface area contributed by atoms with Crippen LogP contribution in [0.2, 0.25) is 0 Å². The second kappa shape index (κ2) is 8.74. The van der Waals surface area contributed by atoms with E-state index in [1.807, 2.05) is 24.3 Å². The largest absolute Gasteiger partial charge is 0.485 e. The molecule has 0 unspecified atom stereocenters. The summed E-state index contributed by atoms with van der Waals surface area (Å²) in [7, 11) is 0. The van der Waals surface area contributed by atoms with Gasteiger partial charge in [-0.2, -0.15) is 0 Å². The van der Waals surface area contributed by atoms with E-state index in [4.69, 9.17) is 9.47 Å². The van der Waals surface area contributed by atoms with E-state index in [2.05, 4.69) is 59.5 Å². The maximum Gasteiger partial charge on any atom is 0.181 e. The van der Waals surface area contributed by atoms with Crippen molar-refractivity contribution in [1.82, 2.24) is 4.90 Å². The third-order valence-electron chi connectivity index (χ3n) is 12.2. The van der Waals surface area contributed by atoms with Crippen LogP contribution in [0.25, 0.3) is 10.8 Å². The molecule has 5 heteroatoms. The van der Waals surface area contributed by atoms with E-state index in [9.17, 15) is 5.11 Å². The molecule has 1 N–H and O–H groups in total. The van der Waals surface area contributed by atoms with Crippen LogP contribution in [0.4, 0.5) is 0 Å². The standard InChI is InChI=1S/C39H37NO4/c41-35-36-38-16-17-40(21-24-12-13-24)31(18-27-14-15-30(34(44-36)33(27)38)43-22-25-6-2-1-3-7-25)39(38,42)23-37(35)19-28-10-4-8-26-9-5-11-29(20-37)32(26)28/h1-11,14-15,24,31,36,42H,12-13,16-23H2/t31-,36-,38-,39+/m0/s1. The van der Waals surface area contributed by atoms with Crippen LogP contribution in [0.5, 0.6) is 11.5 Å². The highest BCUT2D eigenvalue weighted by Crippen LogP contribution is 2.68. The molecule has 0 aromatic heterocycles. The molecule has 2 heterocycles. The Morgan fingerprint density at radius 2 is 1.68 bits per heavy atom. The second-order valence-electron chi connectivity index (χ2n) is 14.6. The topological polar surface area (TPSA) is 59.0 Å². The Hall–Kier alpha value is -3.67. The highest BCUT2D eigenvalue weighted by Gasteiger charge is 2.77. The summed E-state index contributed by atoms with van der Waals surface area (Å²) in [6.07, 6.45) is 5.12. The zero-order chi connectivity index (χ0) is 29.3. The van der Waals surface area contributed by atoms with Gasteiger partial charge < -0.3 is 14.6 Å². The van der Waals surface area contributed by atoms with Gasteiger partial charge in [-0.15, -0.1) is 0 Å². The van der Waals surface area contributed by atoms with Gasteiger partial charge in [0, 0.05) is 23.6 Å². The lowest BCUT2D eigenvalue weighted by atomic mass is 9.43. The van der Waals surface area contributed by atoms with Crippen molar-refractivity contribution in [3.8, 4) is 11.5 Å². The first kappa shape index (κ1) is 25.6. The van der Waals surface area contributed by atoms with Crippen LogP contribution in [-0.4, -0.2) is 46.6 Å². The fraction of sp³-hybridized carbons (Fsp3) is 0.410. The quantitative estimate of drug-likeness (QED) is 0.315. The molecule has 2 aliphatic heterocycles. The van der Waals surface area contributed by atoms with Gasteiger partial charge in [0.05, 0.1) is 11.0 Å². The number of rotatable bonds is 5. The Morgan fingerprint density at radius 3 is 2.43 bits per heavy atom. The van der Waals surface area contributed by atoms with Crippen LogP contribution in [0.15, 0.2) is 78.9 Å². The number of hydrogen-bond acceptors (Lipinski definition) is 5. The van der Waals surface area contributed by atoms with Crippen molar-refractivity contribution in [2.24, 2.45) is 11.3 Å². The average Bonchev–Trinajstić information content (AvgIpc) is 3.78. The molecule has 1 saturated heterocycles. The highest BCUT2D eigenvalue weighted by molar-refractivity contribution is 5.98. The molecule has 4 aliphatic carbocycles. The van der Waals surface area contributed by atoms with Gasteiger partial charge in [0.25, 0.3) is 0 Å². The van der Waals surface area contributed by atoms with Gasteiger partial charge in [0.2, 0.25) is 0 Å². The molecule has 10 rings (SSSR count). The van der Waals surface area contributed by atoms with E-state index in [1.54, 1.807) is 0 Å². The summed E-state index contributed by atoms with van der Waals surface area (Å²) in [6.45, 7) is 2.35. The number of benzene rings is 4. The molecule has 0 amide bonds. The van der Waals surface area contributed by atoms with E-state index in [0.29, 0.717) is 37.4 Å². The highest BCUT2D eigenvalue weighted by atomic mass is 16.5. The molecule has 222 valence electrons. The number of ether oxygens (including phenoxy) is 2. The van der Waals surface area contributed by atoms with Crippen molar-refractivity contribution in [3.63, 3.8) is 0 Å². The predicted octanol–water partition coefficient (Wildman–Crippen LogP) is 5.95. The molecular weight excluding hydrogens is 546 g/mol. The monoisotopic (exact) mass is 583 g/mol. The van der Waals surface area contributed by atoms with Gasteiger partial charge in [0.1, 0.15) is 6.61 Å².